The van der Waals surface area contributed by atoms with Crippen LogP contribution in [0.15, 0.2) is 0 Å². The number of unbranched alkanes of at least 4 members (excludes halogenated alkanes) is 76. The van der Waals surface area contributed by atoms with Crippen LogP contribution in [-0.2, 0) is 0 Å². The standard InChI is InChI=1S/C16H34.C15H32.C14H30.C13H28.C12H26.C11H24.C10H22.C9H20/c1-3-5-7-9-11-13-15-16-14-12-10-8-6-4-2;1-3-5-7-9-11-13-15-14-12-10-8-6-4-2;1-3-5-7-9-11-13-14-12-10-8-6-4-2;1-3-5-7-9-11-13-12-10-8-6-4-2;1-3-5-7-9-11-12-10-8-6-4-2;1-3-5-7-9-11-10-8-6-4-2;1-3-5-7-9-10-8-6-4-2;1-3-5-7-9-8-6-4-2/h3-16H2,1-2H3;3-15H2,1-2H3;3-14H2,1-2H3;3-13H2,1-2H3;3-12H2,1-2H3;3-11H2,1-2H3;3-10H2,1-2H3;3-9H2,1-2H3. The molecule has 0 aromatic rings. The molecule has 0 fully saturated rings. The number of rotatable bonds is 76. The maximum Gasteiger partial charge on any atom is -0.0533 e. The molecular weight excluding hydrogens is 1200 g/mol. The van der Waals surface area contributed by atoms with Crippen LogP contribution in [0, 0.1) is 0 Å². The molecule has 0 heteroatoms. The predicted octanol–water partition coefficient (Wildman–Crippen LogP) is 41.0. The van der Waals surface area contributed by atoms with E-state index in [2.05, 4.69) is 111 Å². The first kappa shape index (κ1) is 116. The molecule has 0 aromatic heterocycles. The molecule has 0 aliphatic heterocycles. The highest BCUT2D eigenvalue weighted by Gasteiger charge is 1.98. The second-order valence-electron chi connectivity index (χ2n) is 32.0. The highest BCUT2D eigenvalue weighted by atomic mass is 14.0. The Balaban J connectivity index is -0.000000162. The van der Waals surface area contributed by atoms with Gasteiger partial charge in [0.05, 0.1) is 0 Å². The molecule has 0 spiro atoms. The molecule has 0 aliphatic rings. The van der Waals surface area contributed by atoms with E-state index in [0.29, 0.717) is 0 Å². The van der Waals surface area contributed by atoms with Crippen molar-refractivity contribution in [2.45, 2.75) is 650 Å². The van der Waals surface area contributed by atoms with E-state index >= 15 is 0 Å². The van der Waals surface area contributed by atoms with Gasteiger partial charge in [-0.05, 0) is 0 Å². The molecule has 0 unspecified atom stereocenters. The van der Waals surface area contributed by atoms with Crippen LogP contribution in [-0.4, -0.2) is 0 Å². The summed E-state index contributed by atoms with van der Waals surface area (Å²) in [4.78, 5) is 0. The van der Waals surface area contributed by atoms with Crippen molar-refractivity contribution in [2.75, 3.05) is 0 Å². The quantitative estimate of drug-likeness (QED) is 0.0533. The van der Waals surface area contributed by atoms with E-state index in [9.17, 15) is 0 Å². The second-order valence-corrected chi connectivity index (χ2v) is 32.0. The molecular formula is C100H216. The van der Waals surface area contributed by atoms with Gasteiger partial charge in [0, 0.05) is 0 Å². The van der Waals surface area contributed by atoms with Crippen molar-refractivity contribution in [3.8, 4) is 0 Å². The molecule has 0 saturated carbocycles. The largest absolute Gasteiger partial charge is 0.0654 e. The summed E-state index contributed by atoms with van der Waals surface area (Å²) in [6.45, 7) is 36.5. The van der Waals surface area contributed by atoms with E-state index in [1.54, 1.807) is 0 Å². The normalized spacial score (nSPS) is 10.6. The first-order chi connectivity index (χ1) is 49.3. The molecule has 0 nitrogen and oxygen atoms in total. The van der Waals surface area contributed by atoms with Crippen LogP contribution in [0.25, 0.3) is 0 Å². The highest BCUT2D eigenvalue weighted by molar-refractivity contribution is 4.54. The Bertz CT molecular complexity index is 994. The molecule has 0 atom stereocenters. The molecule has 0 amide bonds. The van der Waals surface area contributed by atoms with Crippen molar-refractivity contribution in [2.24, 2.45) is 0 Å². The Morgan fingerprint density at radius 3 is 0.110 bits per heavy atom. The average molecular weight is 1420 g/mol. The fourth-order valence-electron chi connectivity index (χ4n) is 13.2. The third-order valence-electron chi connectivity index (χ3n) is 20.7. The van der Waals surface area contributed by atoms with Crippen LogP contribution < -0.4 is 0 Å². The monoisotopic (exact) mass is 1420 g/mol. The van der Waals surface area contributed by atoms with Gasteiger partial charge in [0.25, 0.3) is 0 Å². The summed E-state index contributed by atoms with van der Waals surface area (Å²) in [6.07, 6.45) is 122. The minimum absolute atomic E-state index is 1.37. The van der Waals surface area contributed by atoms with E-state index in [4.69, 9.17) is 0 Å². The zero-order chi connectivity index (χ0) is 75.4. The summed E-state index contributed by atoms with van der Waals surface area (Å²) in [6, 6.07) is 0. The first-order valence-corrected chi connectivity index (χ1v) is 49.3. The SMILES string of the molecule is CCCCCCCCC.CCCCCCCCCC.CCCCCCCCCCC.CCCCCCCCCCCC.CCCCCCCCCCCCC.CCCCCCCCCCCCCC.CCCCCCCCCCCCCCC.CCCCCCCCCCCCCCCC. The third kappa shape index (κ3) is 160. The smallest absolute Gasteiger partial charge is 0.0533 e. The van der Waals surface area contributed by atoms with E-state index in [1.807, 2.05) is 0 Å². The molecule has 100 heavy (non-hydrogen) atoms. The van der Waals surface area contributed by atoms with Gasteiger partial charge in [0.1, 0.15) is 0 Å². The zero-order valence-electron chi connectivity index (χ0n) is 75.4. The van der Waals surface area contributed by atoms with Crippen molar-refractivity contribution in [3.63, 3.8) is 0 Å². The molecule has 0 aliphatic carbocycles. The topological polar surface area (TPSA) is 0 Å². The molecule has 0 heterocycles. The van der Waals surface area contributed by atoms with E-state index < -0.39 is 0 Å². The Morgan fingerprint density at radius 1 is 0.0500 bits per heavy atom. The Labute approximate surface area is 646 Å². The van der Waals surface area contributed by atoms with Crippen LogP contribution in [0.1, 0.15) is 650 Å². The molecule has 0 N–H and O–H groups in total. The van der Waals surface area contributed by atoms with Gasteiger partial charge in [-0.3, -0.25) is 0 Å². The van der Waals surface area contributed by atoms with Crippen LogP contribution in [0.3, 0.4) is 0 Å². The lowest BCUT2D eigenvalue weighted by Gasteiger charge is -2.02. The van der Waals surface area contributed by atoms with Crippen LogP contribution in [0.4, 0.5) is 0 Å². The maximum absolute atomic E-state index is 2.29. The molecule has 616 valence electrons. The van der Waals surface area contributed by atoms with Gasteiger partial charge in [-0.25, -0.2) is 0 Å². The van der Waals surface area contributed by atoms with Crippen molar-refractivity contribution in [1.29, 1.82) is 0 Å². The molecule has 0 aromatic carbocycles. The van der Waals surface area contributed by atoms with E-state index in [1.165, 1.54) is 539 Å². The van der Waals surface area contributed by atoms with Crippen molar-refractivity contribution >= 4 is 0 Å². The lowest BCUT2D eigenvalue weighted by molar-refractivity contribution is 0.538. The minimum Gasteiger partial charge on any atom is -0.0654 e. The van der Waals surface area contributed by atoms with Gasteiger partial charge >= 0.3 is 0 Å². The van der Waals surface area contributed by atoms with Crippen molar-refractivity contribution in [3.05, 3.63) is 0 Å². The Kier molecular flexibility index (Phi) is 156. The molecule has 0 rings (SSSR count). The van der Waals surface area contributed by atoms with Crippen LogP contribution in [0.5, 0.6) is 0 Å². The highest BCUT2D eigenvalue weighted by Crippen LogP contribution is 2.18. The minimum atomic E-state index is 1.37. The summed E-state index contributed by atoms with van der Waals surface area (Å²) in [5.41, 5.74) is 0. The maximum atomic E-state index is 2.29. The number of hydrogen-bond donors (Lipinski definition) is 0. The fraction of sp³-hybridized carbons (Fsp3) is 1.00. The zero-order valence-corrected chi connectivity index (χ0v) is 75.4. The lowest BCUT2D eigenvalue weighted by atomic mass is 10.0. The Morgan fingerprint density at radius 2 is 0.0800 bits per heavy atom. The summed E-state index contributed by atoms with van der Waals surface area (Å²) < 4.78 is 0. The first-order valence-electron chi connectivity index (χ1n) is 49.3. The van der Waals surface area contributed by atoms with Gasteiger partial charge in [-0.15, -0.1) is 0 Å². The summed E-state index contributed by atoms with van der Waals surface area (Å²) in [7, 11) is 0. The van der Waals surface area contributed by atoms with Gasteiger partial charge in [-0.2, -0.15) is 0 Å². The van der Waals surface area contributed by atoms with Crippen molar-refractivity contribution in [1.82, 2.24) is 0 Å². The summed E-state index contributed by atoms with van der Waals surface area (Å²) >= 11 is 0. The number of hydrogen-bond acceptors (Lipinski definition) is 0. The van der Waals surface area contributed by atoms with Crippen molar-refractivity contribution < 1.29 is 0 Å². The van der Waals surface area contributed by atoms with Gasteiger partial charge in [0.2, 0.25) is 0 Å². The third-order valence-corrected chi connectivity index (χ3v) is 20.7. The summed E-state index contributed by atoms with van der Waals surface area (Å²) in [5.74, 6) is 0. The Hall–Kier alpha value is 0. The fourth-order valence-corrected chi connectivity index (χ4v) is 13.2. The van der Waals surface area contributed by atoms with Crippen LogP contribution >= 0.6 is 0 Å². The van der Waals surface area contributed by atoms with E-state index in [0.717, 1.165) is 0 Å². The molecule has 0 saturated heterocycles. The van der Waals surface area contributed by atoms with Gasteiger partial charge in [-0.1, -0.05) is 650 Å². The molecule has 0 bridgehead atoms. The average Bonchev–Trinajstić information content (AvgIpc) is 3.67. The van der Waals surface area contributed by atoms with Crippen LogP contribution in [0.2, 0.25) is 0 Å². The predicted molar refractivity (Wildman–Crippen MR) is 479 cm³/mol. The molecule has 0 radical (unpaired) electrons. The van der Waals surface area contributed by atoms with Gasteiger partial charge in [0.15, 0.2) is 0 Å². The second kappa shape index (κ2) is 135. The lowest BCUT2D eigenvalue weighted by Crippen LogP contribution is -1.82. The van der Waals surface area contributed by atoms with Gasteiger partial charge < -0.3 is 0 Å². The van der Waals surface area contributed by atoms with E-state index in [-0.39, 0.29) is 0 Å². The summed E-state index contributed by atoms with van der Waals surface area (Å²) in [5, 5.41) is 0.